The molecule has 2 nitrogen and oxygen atoms in total. The molecule has 0 bridgehead atoms. The number of rotatable bonds is 4. The van der Waals surface area contributed by atoms with Crippen molar-refractivity contribution in [2.75, 3.05) is 5.32 Å². The summed E-state index contributed by atoms with van der Waals surface area (Å²) in [5, 5.41) is 3.30. The summed E-state index contributed by atoms with van der Waals surface area (Å²) in [7, 11) is 0. The normalized spacial score (nSPS) is 9.75. The highest BCUT2D eigenvalue weighted by Crippen LogP contribution is 2.20. The molecular formula is C14H13NO. The van der Waals surface area contributed by atoms with E-state index in [2.05, 4.69) is 5.32 Å². The lowest BCUT2D eigenvalue weighted by Gasteiger charge is -2.09. The van der Waals surface area contributed by atoms with Crippen molar-refractivity contribution in [3.63, 3.8) is 0 Å². The van der Waals surface area contributed by atoms with E-state index < -0.39 is 0 Å². The average molecular weight is 211 g/mol. The topological polar surface area (TPSA) is 29.1 Å². The van der Waals surface area contributed by atoms with E-state index in [1.807, 2.05) is 54.6 Å². The van der Waals surface area contributed by atoms with Gasteiger partial charge in [0.25, 0.3) is 0 Å². The molecule has 2 heteroatoms. The number of anilines is 2. The summed E-state index contributed by atoms with van der Waals surface area (Å²) in [6.07, 6.45) is 1.36. The van der Waals surface area contributed by atoms with Gasteiger partial charge in [0, 0.05) is 17.8 Å². The Hall–Kier alpha value is -2.09. The van der Waals surface area contributed by atoms with Crippen LogP contribution in [0.1, 0.15) is 5.56 Å². The van der Waals surface area contributed by atoms with E-state index in [0.29, 0.717) is 6.42 Å². The molecule has 2 aromatic carbocycles. The van der Waals surface area contributed by atoms with Gasteiger partial charge in [-0.1, -0.05) is 36.4 Å². The summed E-state index contributed by atoms with van der Waals surface area (Å²) < 4.78 is 0. The molecule has 0 fully saturated rings. The van der Waals surface area contributed by atoms with Gasteiger partial charge in [-0.05, 0) is 23.8 Å². The molecule has 0 atom stereocenters. The van der Waals surface area contributed by atoms with Crippen LogP contribution >= 0.6 is 0 Å². The van der Waals surface area contributed by atoms with Gasteiger partial charge in [0.2, 0.25) is 0 Å². The Morgan fingerprint density at radius 2 is 1.62 bits per heavy atom. The summed E-state index contributed by atoms with van der Waals surface area (Å²) in [4.78, 5) is 10.6. The van der Waals surface area contributed by atoms with Gasteiger partial charge < -0.3 is 10.1 Å². The SMILES string of the molecule is O=CCc1ccccc1Nc1ccccc1. The summed E-state index contributed by atoms with van der Waals surface area (Å²) in [6.45, 7) is 0. The molecule has 0 saturated heterocycles. The molecule has 0 aliphatic heterocycles. The number of nitrogens with one attached hydrogen (secondary N) is 1. The monoisotopic (exact) mass is 211 g/mol. The number of carbonyl (C=O) groups is 1. The molecule has 2 rings (SSSR count). The van der Waals surface area contributed by atoms with Crippen molar-refractivity contribution in [2.45, 2.75) is 6.42 Å². The van der Waals surface area contributed by atoms with Crippen molar-refractivity contribution in [3.05, 3.63) is 60.2 Å². The first kappa shape index (κ1) is 10.4. The molecule has 0 saturated carbocycles. The predicted octanol–water partition coefficient (Wildman–Crippen LogP) is 3.17. The van der Waals surface area contributed by atoms with Crippen molar-refractivity contribution in [3.8, 4) is 0 Å². The third kappa shape index (κ3) is 2.48. The van der Waals surface area contributed by atoms with Gasteiger partial charge in [0.05, 0.1) is 0 Å². The van der Waals surface area contributed by atoms with E-state index in [0.717, 1.165) is 23.2 Å². The summed E-state index contributed by atoms with van der Waals surface area (Å²) >= 11 is 0. The van der Waals surface area contributed by atoms with Gasteiger partial charge in [0.1, 0.15) is 6.29 Å². The van der Waals surface area contributed by atoms with E-state index in [1.54, 1.807) is 0 Å². The zero-order chi connectivity index (χ0) is 11.2. The second kappa shape index (κ2) is 5.12. The van der Waals surface area contributed by atoms with Gasteiger partial charge in [0.15, 0.2) is 0 Å². The third-order valence-corrected chi connectivity index (χ3v) is 2.37. The maximum atomic E-state index is 10.6. The molecule has 0 aliphatic rings. The number of benzene rings is 2. The largest absolute Gasteiger partial charge is 0.355 e. The summed E-state index contributed by atoms with van der Waals surface area (Å²) in [5.41, 5.74) is 3.03. The van der Waals surface area contributed by atoms with Crippen LogP contribution in [0.3, 0.4) is 0 Å². The smallest absolute Gasteiger partial charge is 0.124 e. The Morgan fingerprint density at radius 1 is 0.938 bits per heavy atom. The minimum Gasteiger partial charge on any atom is -0.355 e. The van der Waals surface area contributed by atoms with Crippen molar-refractivity contribution < 1.29 is 4.79 Å². The van der Waals surface area contributed by atoms with Crippen LogP contribution in [-0.4, -0.2) is 6.29 Å². The molecular weight excluding hydrogens is 198 g/mol. The van der Waals surface area contributed by atoms with Crippen molar-refractivity contribution in [2.24, 2.45) is 0 Å². The summed E-state index contributed by atoms with van der Waals surface area (Å²) in [5.74, 6) is 0. The van der Waals surface area contributed by atoms with Crippen molar-refractivity contribution >= 4 is 17.7 Å². The molecule has 0 aromatic heterocycles. The highest BCUT2D eigenvalue weighted by molar-refractivity contribution is 5.67. The molecule has 0 aliphatic carbocycles. The first-order valence-corrected chi connectivity index (χ1v) is 5.24. The van der Waals surface area contributed by atoms with Crippen LogP contribution in [0.2, 0.25) is 0 Å². The van der Waals surface area contributed by atoms with Crippen LogP contribution in [-0.2, 0) is 11.2 Å². The summed E-state index contributed by atoms with van der Waals surface area (Å²) in [6, 6.07) is 17.8. The molecule has 0 amide bonds. The maximum absolute atomic E-state index is 10.6. The van der Waals surface area contributed by atoms with E-state index in [4.69, 9.17) is 0 Å². The lowest BCUT2D eigenvalue weighted by atomic mass is 10.1. The van der Waals surface area contributed by atoms with Gasteiger partial charge in [-0.3, -0.25) is 0 Å². The zero-order valence-electron chi connectivity index (χ0n) is 8.89. The number of hydrogen-bond acceptors (Lipinski definition) is 2. The Kier molecular flexibility index (Phi) is 3.34. The quantitative estimate of drug-likeness (QED) is 0.787. The van der Waals surface area contributed by atoms with E-state index in [-0.39, 0.29) is 0 Å². The second-order valence-corrected chi connectivity index (χ2v) is 3.52. The van der Waals surface area contributed by atoms with Crippen molar-refractivity contribution in [1.82, 2.24) is 0 Å². The first-order valence-electron chi connectivity index (χ1n) is 5.24. The lowest BCUT2D eigenvalue weighted by molar-refractivity contribution is -0.107. The molecule has 0 radical (unpaired) electrons. The third-order valence-electron chi connectivity index (χ3n) is 2.37. The molecule has 0 spiro atoms. The van der Waals surface area contributed by atoms with Gasteiger partial charge in [-0.25, -0.2) is 0 Å². The molecule has 0 unspecified atom stereocenters. The van der Waals surface area contributed by atoms with Gasteiger partial charge in [-0.2, -0.15) is 0 Å². The zero-order valence-corrected chi connectivity index (χ0v) is 8.89. The standard InChI is InChI=1S/C14H13NO/c16-11-10-12-6-4-5-9-14(12)15-13-7-2-1-3-8-13/h1-9,11,15H,10H2. The van der Waals surface area contributed by atoms with Crippen LogP contribution < -0.4 is 5.32 Å². The number of hydrogen-bond donors (Lipinski definition) is 1. The fourth-order valence-corrected chi connectivity index (χ4v) is 1.59. The fourth-order valence-electron chi connectivity index (χ4n) is 1.59. The maximum Gasteiger partial charge on any atom is 0.124 e. The van der Waals surface area contributed by atoms with Crippen LogP contribution in [0.25, 0.3) is 0 Å². The molecule has 2 aromatic rings. The number of carbonyl (C=O) groups excluding carboxylic acids is 1. The number of para-hydroxylation sites is 2. The minimum absolute atomic E-state index is 0.440. The van der Waals surface area contributed by atoms with Crippen LogP contribution in [0.15, 0.2) is 54.6 Å². The van der Waals surface area contributed by atoms with Crippen LogP contribution in [0.5, 0.6) is 0 Å². The molecule has 1 N–H and O–H groups in total. The second-order valence-electron chi connectivity index (χ2n) is 3.52. The van der Waals surface area contributed by atoms with Crippen LogP contribution in [0, 0.1) is 0 Å². The van der Waals surface area contributed by atoms with E-state index >= 15 is 0 Å². The van der Waals surface area contributed by atoms with Gasteiger partial charge in [-0.15, -0.1) is 0 Å². The van der Waals surface area contributed by atoms with Crippen molar-refractivity contribution in [1.29, 1.82) is 0 Å². The highest BCUT2D eigenvalue weighted by Gasteiger charge is 2.00. The van der Waals surface area contributed by atoms with Crippen LogP contribution in [0.4, 0.5) is 11.4 Å². The Morgan fingerprint density at radius 3 is 2.38 bits per heavy atom. The van der Waals surface area contributed by atoms with E-state index in [1.165, 1.54) is 0 Å². The molecule has 16 heavy (non-hydrogen) atoms. The van der Waals surface area contributed by atoms with E-state index in [9.17, 15) is 4.79 Å². The fraction of sp³-hybridized carbons (Fsp3) is 0.0714. The first-order chi connectivity index (χ1) is 7.90. The predicted molar refractivity (Wildman–Crippen MR) is 65.9 cm³/mol. The molecule has 0 heterocycles. The molecule has 80 valence electrons. The highest BCUT2D eigenvalue weighted by atomic mass is 16.1. The Labute approximate surface area is 94.9 Å². The lowest BCUT2D eigenvalue weighted by Crippen LogP contribution is -1.96. The minimum atomic E-state index is 0.440. The average Bonchev–Trinajstić information content (AvgIpc) is 2.33. The number of aldehydes is 1. The Balaban J connectivity index is 2.24. The van der Waals surface area contributed by atoms with Gasteiger partial charge >= 0.3 is 0 Å². The Bertz CT molecular complexity index is 465.